The van der Waals surface area contributed by atoms with Crippen molar-refractivity contribution in [3.8, 4) is 0 Å². The minimum atomic E-state index is -0.361. The van der Waals surface area contributed by atoms with Crippen LogP contribution in [0.25, 0.3) is 0 Å². The van der Waals surface area contributed by atoms with Crippen molar-refractivity contribution in [2.45, 2.75) is 19.1 Å². The molecule has 0 bridgehead atoms. The average Bonchev–Trinajstić information content (AvgIpc) is 3.08. The summed E-state index contributed by atoms with van der Waals surface area (Å²) in [6.07, 6.45) is 0. The fraction of sp³-hybridized carbons (Fsp3) is 0.438. The van der Waals surface area contributed by atoms with Crippen LogP contribution < -0.4 is 16.0 Å². The quantitative estimate of drug-likeness (QED) is 0.717. The highest BCUT2D eigenvalue weighted by molar-refractivity contribution is 5.85. The average molecular weight is 385 g/mol. The first-order valence-electron chi connectivity index (χ1n) is 8.11. The van der Waals surface area contributed by atoms with E-state index in [9.17, 15) is 9.18 Å². The van der Waals surface area contributed by atoms with E-state index in [4.69, 9.17) is 4.52 Å². The minimum Gasteiger partial charge on any atom is -0.337 e. The fourth-order valence-electron chi connectivity index (χ4n) is 2.57. The molecule has 1 aromatic carbocycles. The third-order valence-corrected chi connectivity index (χ3v) is 4.06. The van der Waals surface area contributed by atoms with E-state index >= 15 is 0 Å². The van der Waals surface area contributed by atoms with Gasteiger partial charge in [-0.15, -0.1) is 12.4 Å². The summed E-state index contributed by atoms with van der Waals surface area (Å²) in [7, 11) is 2.02. The Bertz CT molecular complexity index is 711. The number of nitrogens with one attached hydrogen (secondary N) is 3. The van der Waals surface area contributed by atoms with Crippen molar-refractivity contribution >= 4 is 18.4 Å². The van der Waals surface area contributed by atoms with Crippen LogP contribution in [-0.4, -0.2) is 47.8 Å². The third kappa shape index (κ3) is 5.38. The van der Waals surface area contributed by atoms with Crippen molar-refractivity contribution < 1.29 is 13.7 Å². The molecule has 10 heteroatoms. The van der Waals surface area contributed by atoms with Crippen molar-refractivity contribution in [2.75, 3.05) is 26.7 Å². The van der Waals surface area contributed by atoms with Gasteiger partial charge in [-0.25, -0.2) is 9.18 Å². The molecule has 0 aliphatic carbocycles. The molecule has 142 valence electrons. The number of amides is 2. The normalized spacial score (nSPS) is 17.4. The monoisotopic (exact) mass is 384 g/mol. The van der Waals surface area contributed by atoms with Crippen LogP contribution in [0.15, 0.2) is 28.8 Å². The van der Waals surface area contributed by atoms with Crippen LogP contribution in [0.4, 0.5) is 9.18 Å². The SMILES string of the molecule is CN1CCNCC1c1noc(CNC(=O)NCc2ccc(F)cc2)n1.Cl. The van der Waals surface area contributed by atoms with E-state index in [0.29, 0.717) is 18.3 Å². The zero-order valence-corrected chi connectivity index (χ0v) is 15.2. The molecule has 1 aliphatic heterocycles. The Morgan fingerprint density at radius 2 is 2.08 bits per heavy atom. The van der Waals surface area contributed by atoms with Gasteiger partial charge in [0.1, 0.15) is 5.82 Å². The van der Waals surface area contributed by atoms with Gasteiger partial charge in [0.05, 0.1) is 12.6 Å². The molecule has 3 rings (SSSR count). The highest BCUT2D eigenvalue weighted by Crippen LogP contribution is 2.17. The number of carbonyl (C=O) groups is 1. The molecule has 1 saturated heterocycles. The van der Waals surface area contributed by atoms with Gasteiger partial charge in [0.2, 0.25) is 5.89 Å². The van der Waals surface area contributed by atoms with Gasteiger partial charge in [-0.05, 0) is 24.7 Å². The molecule has 2 aromatic rings. The summed E-state index contributed by atoms with van der Waals surface area (Å²) >= 11 is 0. The van der Waals surface area contributed by atoms with Gasteiger partial charge in [0, 0.05) is 26.2 Å². The summed E-state index contributed by atoms with van der Waals surface area (Å²) in [6.45, 7) is 3.07. The number of likely N-dealkylation sites (N-methyl/N-ethyl adjacent to an activating group) is 1. The van der Waals surface area contributed by atoms with E-state index in [1.54, 1.807) is 12.1 Å². The number of urea groups is 1. The number of piperazine rings is 1. The van der Waals surface area contributed by atoms with Crippen molar-refractivity contribution in [2.24, 2.45) is 0 Å². The number of hydrogen-bond donors (Lipinski definition) is 3. The maximum atomic E-state index is 12.8. The van der Waals surface area contributed by atoms with E-state index in [-0.39, 0.29) is 36.8 Å². The van der Waals surface area contributed by atoms with Crippen LogP contribution in [-0.2, 0) is 13.1 Å². The Morgan fingerprint density at radius 1 is 1.35 bits per heavy atom. The molecule has 1 fully saturated rings. The lowest BCUT2D eigenvalue weighted by Gasteiger charge is -2.30. The summed E-state index contributed by atoms with van der Waals surface area (Å²) in [5, 5.41) is 12.6. The number of benzene rings is 1. The molecule has 1 atom stereocenters. The van der Waals surface area contributed by atoms with Gasteiger partial charge in [0.25, 0.3) is 0 Å². The molecule has 1 aromatic heterocycles. The Kier molecular flexibility index (Phi) is 7.31. The summed E-state index contributed by atoms with van der Waals surface area (Å²) in [5.41, 5.74) is 0.810. The smallest absolute Gasteiger partial charge is 0.315 e. The van der Waals surface area contributed by atoms with Gasteiger partial charge in [-0.1, -0.05) is 17.3 Å². The van der Waals surface area contributed by atoms with E-state index < -0.39 is 0 Å². The molecule has 1 unspecified atom stereocenters. The Labute approximate surface area is 156 Å². The van der Waals surface area contributed by atoms with Gasteiger partial charge >= 0.3 is 6.03 Å². The summed E-state index contributed by atoms with van der Waals surface area (Å²) in [6, 6.07) is 5.65. The first-order valence-corrected chi connectivity index (χ1v) is 8.11. The van der Waals surface area contributed by atoms with Gasteiger partial charge in [-0.3, -0.25) is 4.90 Å². The molecule has 0 radical (unpaired) electrons. The summed E-state index contributed by atoms with van der Waals surface area (Å²) < 4.78 is 18.0. The molecule has 2 heterocycles. The van der Waals surface area contributed by atoms with Crippen LogP contribution >= 0.6 is 12.4 Å². The van der Waals surface area contributed by atoms with Crippen LogP contribution in [0.5, 0.6) is 0 Å². The largest absolute Gasteiger partial charge is 0.337 e. The number of rotatable bonds is 5. The van der Waals surface area contributed by atoms with E-state index in [1.807, 2.05) is 7.05 Å². The zero-order valence-electron chi connectivity index (χ0n) is 14.4. The van der Waals surface area contributed by atoms with Gasteiger partial charge < -0.3 is 20.5 Å². The van der Waals surface area contributed by atoms with Crippen molar-refractivity contribution in [1.82, 2.24) is 31.0 Å². The lowest BCUT2D eigenvalue weighted by molar-refractivity contribution is 0.190. The number of aromatic nitrogens is 2. The molecule has 26 heavy (non-hydrogen) atoms. The number of carbonyl (C=O) groups excluding carboxylic acids is 1. The van der Waals surface area contributed by atoms with Crippen LogP contribution in [0.1, 0.15) is 23.3 Å². The van der Waals surface area contributed by atoms with Crippen LogP contribution in [0.2, 0.25) is 0 Å². The number of halogens is 2. The maximum absolute atomic E-state index is 12.8. The van der Waals surface area contributed by atoms with E-state index in [2.05, 4.69) is 31.0 Å². The molecule has 0 spiro atoms. The summed E-state index contributed by atoms with van der Waals surface area (Å²) in [4.78, 5) is 18.3. The van der Waals surface area contributed by atoms with Crippen LogP contribution in [0.3, 0.4) is 0 Å². The highest BCUT2D eigenvalue weighted by atomic mass is 35.5. The van der Waals surface area contributed by atoms with Crippen LogP contribution in [0, 0.1) is 5.82 Å². The first kappa shape index (κ1) is 20.1. The lowest BCUT2D eigenvalue weighted by Crippen LogP contribution is -2.44. The molecular weight excluding hydrogens is 363 g/mol. The predicted octanol–water partition coefficient (Wildman–Crippen LogP) is 1.21. The Hall–Kier alpha value is -2.23. The molecule has 2 amide bonds. The standard InChI is InChI=1S/C16H21FN6O2.ClH/c1-23-7-6-18-9-13(23)15-21-14(25-22-15)10-20-16(24)19-8-11-2-4-12(17)5-3-11;/h2-5,13,18H,6-10H2,1H3,(H2,19,20,24);1H. The third-order valence-electron chi connectivity index (χ3n) is 4.06. The number of hydrogen-bond acceptors (Lipinski definition) is 6. The van der Waals surface area contributed by atoms with Crippen molar-refractivity contribution in [3.63, 3.8) is 0 Å². The summed E-state index contributed by atoms with van der Waals surface area (Å²) in [5.74, 6) is 0.656. The molecular formula is C16H22ClFN6O2. The molecule has 1 aliphatic rings. The topological polar surface area (TPSA) is 95.3 Å². The predicted molar refractivity (Wildman–Crippen MR) is 95.3 cm³/mol. The van der Waals surface area contributed by atoms with E-state index in [1.165, 1.54) is 12.1 Å². The highest BCUT2D eigenvalue weighted by Gasteiger charge is 2.25. The zero-order chi connectivity index (χ0) is 17.6. The van der Waals surface area contributed by atoms with Gasteiger partial charge in [0.15, 0.2) is 5.82 Å². The van der Waals surface area contributed by atoms with Crippen molar-refractivity contribution in [1.29, 1.82) is 0 Å². The Morgan fingerprint density at radius 3 is 2.81 bits per heavy atom. The van der Waals surface area contributed by atoms with Gasteiger partial charge in [-0.2, -0.15) is 4.98 Å². The molecule has 3 N–H and O–H groups in total. The number of nitrogens with zero attached hydrogens (tertiary/aromatic N) is 3. The fourth-order valence-corrected chi connectivity index (χ4v) is 2.57. The maximum Gasteiger partial charge on any atom is 0.315 e. The lowest BCUT2D eigenvalue weighted by atomic mass is 10.2. The molecule has 0 saturated carbocycles. The first-order chi connectivity index (χ1) is 12.1. The second kappa shape index (κ2) is 9.46. The van der Waals surface area contributed by atoms with Crippen molar-refractivity contribution in [3.05, 3.63) is 47.4 Å². The second-order valence-corrected chi connectivity index (χ2v) is 5.91. The molecule has 8 nitrogen and oxygen atoms in total. The second-order valence-electron chi connectivity index (χ2n) is 5.91. The van der Waals surface area contributed by atoms with E-state index in [0.717, 1.165) is 25.2 Å². The Balaban J connectivity index is 0.00000243. The minimum absolute atomic E-state index is 0.